The normalized spacial score (nSPS) is 10.6. The van der Waals surface area contributed by atoms with Gasteiger partial charge < -0.3 is 15.7 Å². The van der Waals surface area contributed by atoms with E-state index in [1.54, 1.807) is 0 Å². The molecule has 0 aliphatic heterocycles. The number of carbonyl (C=O) groups is 2. The molecule has 0 aromatic heterocycles. The predicted molar refractivity (Wildman–Crippen MR) is 90.0 cm³/mol. The van der Waals surface area contributed by atoms with Crippen molar-refractivity contribution in [2.75, 3.05) is 19.6 Å². The summed E-state index contributed by atoms with van der Waals surface area (Å²) < 4.78 is 0. The highest BCUT2D eigenvalue weighted by Crippen LogP contribution is 2.10. The van der Waals surface area contributed by atoms with Gasteiger partial charge in [0.25, 0.3) is 0 Å². The van der Waals surface area contributed by atoms with Crippen molar-refractivity contribution in [3.8, 4) is 0 Å². The Bertz CT molecular complexity index is 283. The highest BCUT2D eigenvalue weighted by molar-refractivity contribution is 5.75. The number of carboxylic acids is 1. The molecule has 0 aromatic rings. The van der Waals surface area contributed by atoms with E-state index in [-0.39, 0.29) is 12.5 Å². The fourth-order valence-electron chi connectivity index (χ4n) is 2.32. The molecule has 22 heavy (non-hydrogen) atoms. The van der Waals surface area contributed by atoms with E-state index < -0.39 is 5.97 Å². The van der Waals surface area contributed by atoms with E-state index in [4.69, 9.17) is 5.11 Å². The SMILES string of the molecule is CCCNC(=O)CCCCCCCCCCCNCC(=O)O. The van der Waals surface area contributed by atoms with Gasteiger partial charge in [-0.15, -0.1) is 0 Å². The van der Waals surface area contributed by atoms with Crippen molar-refractivity contribution in [3.05, 3.63) is 0 Å². The van der Waals surface area contributed by atoms with Crippen molar-refractivity contribution >= 4 is 11.9 Å². The van der Waals surface area contributed by atoms with E-state index in [0.29, 0.717) is 6.42 Å². The van der Waals surface area contributed by atoms with E-state index in [9.17, 15) is 9.59 Å². The second-order valence-electron chi connectivity index (χ2n) is 5.85. The first-order valence-electron chi connectivity index (χ1n) is 8.86. The molecular weight excluding hydrogens is 280 g/mol. The number of aliphatic carboxylic acids is 1. The molecule has 5 nitrogen and oxygen atoms in total. The summed E-state index contributed by atoms with van der Waals surface area (Å²) >= 11 is 0. The lowest BCUT2D eigenvalue weighted by atomic mass is 10.1. The topological polar surface area (TPSA) is 78.4 Å². The first-order valence-corrected chi connectivity index (χ1v) is 8.86. The lowest BCUT2D eigenvalue weighted by Gasteiger charge is -2.04. The smallest absolute Gasteiger partial charge is 0.317 e. The highest BCUT2D eigenvalue weighted by atomic mass is 16.4. The Morgan fingerprint density at radius 2 is 1.36 bits per heavy atom. The lowest BCUT2D eigenvalue weighted by Crippen LogP contribution is -2.23. The van der Waals surface area contributed by atoms with E-state index >= 15 is 0 Å². The van der Waals surface area contributed by atoms with Crippen LogP contribution in [0.15, 0.2) is 0 Å². The Hall–Kier alpha value is -1.10. The van der Waals surface area contributed by atoms with Gasteiger partial charge in [-0.05, 0) is 25.8 Å². The zero-order chi connectivity index (χ0) is 16.5. The molecule has 0 heterocycles. The van der Waals surface area contributed by atoms with Crippen molar-refractivity contribution in [2.24, 2.45) is 0 Å². The summed E-state index contributed by atoms with van der Waals surface area (Å²) in [6.07, 6.45) is 12.3. The minimum Gasteiger partial charge on any atom is -0.480 e. The Balaban J connectivity index is 3.08. The minimum absolute atomic E-state index is 0.0659. The van der Waals surface area contributed by atoms with E-state index in [2.05, 4.69) is 17.6 Å². The molecular formula is C17H34N2O3. The molecule has 0 radical (unpaired) electrons. The summed E-state index contributed by atoms with van der Waals surface area (Å²) in [5.74, 6) is -0.596. The summed E-state index contributed by atoms with van der Waals surface area (Å²) in [5.41, 5.74) is 0. The van der Waals surface area contributed by atoms with E-state index in [0.717, 1.165) is 38.8 Å². The number of unbranched alkanes of at least 4 members (excludes halogenated alkanes) is 8. The van der Waals surface area contributed by atoms with Gasteiger partial charge in [0.2, 0.25) is 5.91 Å². The average molecular weight is 314 g/mol. The van der Waals surface area contributed by atoms with Crippen LogP contribution in [0.5, 0.6) is 0 Å². The van der Waals surface area contributed by atoms with Crippen LogP contribution in [0.4, 0.5) is 0 Å². The monoisotopic (exact) mass is 314 g/mol. The Labute approximate surface area is 135 Å². The van der Waals surface area contributed by atoms with Crippen LogP contribution >= 0.6 is 0 Å². The maximum Gasteiger partial charge on any atom is 0.317 e. The standard InChI is InChI=1S/C17H34N2O3/c1-2-13-19-16(20)12-10-8-6-4-3-5-7-9-11-14-18-15-17(21)22/h18H,2-15H2,1H3,(H,19,20)(H,21,22). The van der Waals surface area contributed by atoms with Crippen LogP contribution in [0.3, 0.4) is 0 Å². The highest BCUT2D eigenvalue weighted by Gasteiger charge is 1.99. The zero-order valence-corrected chi connectivity index (χ0v) is 14.2. The molecule has 0 aliphatic rings. The lowest BCUT2D eigenvalue weighted by molar-refractivity contribution is -0.136. The number of hydrogen-bond acceptors (Lipinski definition) is 3. The third-order valence-electron chi connectivity index (χ3n) is 3.61. The molecule has 130 valence electrons. The predicted octanol–water partition coefficient (Wildman–Crippen LogP) is 3.09. The van der Waals surface area contributed by atoms with Crippen LogP contribution in [-0.2, 0) is 9.59 Å². The fourth-order valence-corrected chi connectivity index (χ4v) is 2.32. The van der Waals surface area contributed by atoms with Crippen molar-refractivity contribution in [3.63, 3.8) is 0 Å². The van der Waals surface area contributed by atoms with Gasteiger partial charge in [0.1, 0.15) is 0 Å². The minimum atomic E-state index is -0.789. The van der Waals surface area contributed by atoms with Gasteiger partial charge >= 0.3 is 5.97 Å². The van der Waals surface area contributed by atoms with Crippen LogP contribution < -0.4 is 10.6 Å². The molecule has 0 saturated carbocycles. The van der Waals surface area contributed by atoms with Gasteiger partial charge in [0.15, 0.2) is 0 Å². The maximum absolute atomic E-state index is 11.4. The van der Waals surface area contributed by atoms with Crippen LogP contribution in [0.1, 0.15) is 77.6 Å². The Morgan fingerprint density at radius 3 is 1.91 bits per heavy atom. The Morgan fingerprint density at radius 1 is 0.818 bits per heavy atom. The fraction of sp³-hybridized carbons (Fsp3) is 0.882. The second-order valence-corrected chi connectivity index (χ2v) is 5.85. The third kappa shape index (κ3) is 17.0. The van der Waals surface area contributed by atoms with Crippen molar-refractivity contribution in [1.82, 2.24) is 10.6 Å². The van der Waals surface area contributed by atoms with Crippen LogP contribution in [0, 0.1) is 0 Å². The quantitative estimate of drug-likeness (QED) is 0.383. The number of nitrogens with one attached hydrogen (secondary N) is 2. The molecule has 3 N–H and O–H groups in total. The summed E-state index contributed by atoms with van der Waals surface area (Å²) in [7, 11) is 0. The third-order valence-corrected chi connectivity index (χ3v) is 3.61. The van der Waals surface area contributed by atoms with Gasteiger partial charge in [-0.2, -0.15) is 0 Å². The van der Waals surface area contributed by atoms with Gasteiger partial charge in [0, 0.05) is 13.0 Å². The van der Waals surface area contributed by atoms with Crippen molar-refractivity contribution < 1.29 is 14.7 Å². The number of rotatable bonds is 16. The molecule has 0 spiro atoms. The summed E-state index contributed by atoms with van der Waals surface area (Å²) in [6, 6.07) is 0. The van der Waals surface area contributed by atoms with Gasteiger partial charge in [-0.25, -0.2) is 0 Å². The van der Waals surface area contributed by atoms with Gasteiger partial charge in [-0.1, -0.05) is 51.9 Å². The first-order chi connectivity index (χ1) is 10.7. The molecule has 0 aromatic carbocycles. The van der Waals surface area contributed by atoms with E-state index in [1.165, 1.54) is 38.5 Å². The van der Waals surface area contributed by atoms with Crippen LogP contribution in [0.25, 0.3) is 0 Å². The molecule has 0 aliphatic carbocycles. The first kappa shape index (κ1) is 20.9. The molecule has 0 saturated heterocycles. The van der Waals surface area contributed by atoms with Crippen molar-refractivity contribution in [2.45, 2.75) is 77.6 Å². The maximum atomic E-state index is 11.4. The molecule has 0 rings (SSSR count). The number of carbonyl (C=O) groups excluding carboxylic acids is 1. The number of hydrogen-bond donors (Lipinski definition) is 3. The molecule has 0 atom stereocenters. The second kappa shape index (κ2) is 16.3. The van der Waals surface area contributed by atoms with Gasteiger partial charge in [-0.3, -0.25) is 9.59 Å². The van der Waals surface area contributed by atoms with Crippen LogP contribution in [-0.4, -0.2) is 36.6 Å². The Kier molecular flexibility index (Phi) is 15.5. The molecule has 1 amide bonds. The average Bonchev–Trinajstić information content (AvgIpc) is 2.49. The zero-order valence-electron chi connectivity index (χ0n) is 14.2. The number of amides is 1. The largest absolute Gasteiger partial charge is 0.480 e. The number of carboxylic acid groups (broad SMARTS) is 1. The van der Waals surface area contributed by atoms with Crippen LogP contribution in [0.2, 0.25) is 0 Å². The summed E-state index contributed by atoms with van der Waals surface area (Å²) in [4.78, 5) is 21.7. The molecule has 5 heteroatoms. The molecule has 0 bridgehead atoms. The van der Waals surface area contributed by atoms with E-state index in [1.807, 2.05) is 0 Å². The van der Waals surface area contributed by atoms with Gasteiger partial charge in [0.05, 0.1) is 6.54 Å². The molecule has 0 unspecified atom stereocenters. The van der Waals surface area contributed by atoms with Crippen molar-refractivity contribution in [1.29, 1.82) is 0 Å². The summed E-state index contributed by atoms with van der Waals surface area (Å²) in [6.45, 7) is 3.72. The molecule has 0 fully saturated rings. The summed E-state index contributed by atoms with van der Waals surface area (Å²) in [5, 5.41) is 14.3.